The van der Waals surface area contributed by atoms with Crippen LogP contribution in [-0.4, -0.2) is 145 Å². The van der Waals surface area contributed by atoms with Crippen LogP contribution in [0.15, 0.2) is 12.3 Å². The van der Waals surface area contributed by atoms with Crippen molar-refractivity contribution in [2.75, 3.05) is 42.7 Å². The van der Waals surface area contributed by atoms with E-state index in [0.29, 0.717) is 82.8 Å². The Morgan fingerprint density at radius 1 is 0.264 bits per heavy atom. The van der Waals surface area contributed by atoms with Crippen LogP contribution in [0, 0.1) is 35.5 Å². The number of rotatable bonds is 13. The Morgan fingerprint density at radius 2 is 0.431 bits per heavy atom. The summed E-state index contributed by atoms with van der Waals surface area (Å²) in [6.07, 6.45) is 2.97. The Kier molecular flexibility index (Phi) is 28.9. The van der Waals surface area contributed by atoms with Crippen molar-refractivity contribution in [1.82, 2.24) is 0 Å². The highest BCUT2D eigenvalue weighted by molar-refractivity contribution is 5.78. The van der Waals surface area contributed by atoms with Crippen molar-refractivity contribution in [3.05, 3.63) is 12.3 Å². The van der Waals surface area contributed by atoms with Crippen LogP contribution in [0.25, 0.3) is 0 Å². The van der Waals surface area contributed by atoms with E-state index in [2.05, 4.69) is 20.8 Å². The van der Waals surface area contributed by atoms with Crippen molar-refractivity contribution in [3.8, 4) is 0 Å². The molecule has 0 N–H and O–H groups in total. The first-order valence-electron chi connectivity index (χ1n) is 23.4. The average Bonchev–Trinajstić information content (AvgIpc) is 3.31. The normalized spacial score (nSPS) is 27.2. The van der Waals surface area contributed by atoms with E-state index in [1.165, 1.54) is 84.2 Å². The summed E-state index contributed by atoms with van der Waals surface area (Å²) < 4.78 is 59.2. The minimum Gasteiger partial charge on any atom is -0.501 e. The van der Waals surface area contributed by atoms with Crippen LogP contribution in [0.4, 0.5) is 0 Å². The van der Waals surface area contributed by atoms with Crippen LogP contribution in [0.1, 0.15) is 119 Å². The van der Waals surface area contributed by atoms with Gasteiger partial charge in [0, 0.05) is 73.1 Å². The molecular formula is C49H74O23. The van der Waals surface area contributed by atoms with Crippen molar-refractivity contribution >= 4 is 65.7 Å². The molecule has 0 amide bonds. The third kappa shape index (κ3) is 24.2. The fourth-order valence-electron chi connectivity index (χ4n) is 9.18. The summed E-state index contributed by atoms with van der Waals surface area (Å²) in [7, 11) is 8.14. The second kappa shape index (κ2) is 32.6. The molecule has 4 aliphatic rings. The molecule has 0 bridgehead atoms. The van der Waals surface area contributed by atoms with Crippen LogP contribution >= 0.6 is 0 Å². The lowest BCUT2D eigenvalue weighted by Gasteiger charge is -2.33. The van der Waals surface area contributed by atoms with Crippen LogP contribution < -0.4 is 0 Å². The van der Waals surface area contributed by atoms with E-state index in [0.717, 1.165) is 0 Å². The standard InChI is InChI=1S/C13H20O5.3C12H18O6/c1-8(16-2)9-5-10(12(14)17-3)7-11(6-9)13(15)18-4;1-7(13)18-10-5-8(11(14)16-2)4-9(6-10)12(15)17-3;1-7(13)17-10-4-9(12(15)16-3)5-11(6-10)18-8(2)14;1-7(13)16-10-4-11(17-8(2)14)6-12(5-10)18-9(3)15/h9-11H,1,5-7H2,2-4H3;8-10H,4-6H2,1-3H3;9-11H,4-6H2,1-3H3;10-12H,4-6H2,1-3H3. The van der Waals surface area contributed by atoms with E-state index in [-0.39, 0.29) is 65.9 Å². The molecule has 0 radical (unpaired) electrons. The van der Waals surface area contributed by atoms with Gasteiger partial charge in [0.15, 0.2) is 0 Å². The van der Waals surface area contributed by atoms with Gasteiger partial charge in [0.1, 0.15) is 36.6 Å². The predicted molar refractivity (Wildman–Crippen MR) is 246 cm³/mol. The lowest BCUT2D eigenvalue weighted by Crippen LogP contribution is -2.39. The van der Waals surface area contributed by atoms with Gasteiger partial charge in [0.05, 0.1) is 78.0 Å². The van der Waals surface area contributed by atoms with Gasteiger partial charge >= 0.3 is 65.7 Å². The summed E-state index contributed by atoms with van der Waals surface area (Å²) in [6.45, 7) is 11.7. The SMILES string of the molecule is C=C(OC)C1CC(C(=O)OC)CC(C(=O)OC)C1.CC(=O)OC1CC(OC(C)=O)CC(OC(C)=O)C1.COC(=O)C1CC(OC(C)=O)CC(C(=O)OC)C1.COC(=O)C1CC(OC(C)=O)CC(OC(C)=O)C1. The molecule has 72 heavy (non-hydrogen) atoms. The summed E-state index contributed by atoms with van der Waals surface area (Å²) in [6, 6.07) is 0. The third-order valence-corrected chi connectivity index (χ3v) is 12.0. The second-order valence-corrected chi connectivity index (χ2v) is 17.7. The van der Waals surface area contributed by atoms with E-state index in [1.54, 1.807) is 0 Å². The summed E-state index contributed by atoms with van der Waals surface area (Å²) in [5.74, 6) is -5.47. The average molecular weight is 1030 g/mol. The molecule has 23 heteroatoms. The highest BCUT2D eigenvalue weighted by Crippen LogP contribution is 2.38. The molecular weight excluding hydrogens is 957 g/mol. The largest absolute Gasteiger partial charge is 0.501 e. The van der Waals surface area contributed by atoms with Gasteiger partial charge in [-0.25, -0.2) is 0 Å². The maximum Gasteiger partial charge on any atom is 0.308 e. The monoisotopic (exact) mass is 1030 g/mol. The molecule has 4 rings (SSSR count). The molecule has 0 aromatic heterocycles. The first-order chi connectivity index (χ1) is 33.8. The lowest BCUT2D eigenvalue weighted by molar-refractivity contribution is -0.167. The highest BCUT2D eigenvalue weighted by atomic mass is 16.6. The van der Waals surface area contributed by atoms with E-state index in [1.807, 2.05) is 0 Å². The van der Waals surface area contributed by atoms with E-state index in [4.69, 9.17) is 42.6 Å². The van der Waals surface area contributed by atoms with Crippen molar-refractivity contribution < 1.29 is 110 Å². The minimum absolute atomic E-state index is 0.0167. The Bertz CT molecular complexity index is 1710. The van der Waals surface area contributed by atoms with Gasteiger partial charge in [-0.2, -0.15) is 0 Å². The minimum atomic E-state index is -0.440. The molecule has 4 fully saturated rings. The molecule has 6 atom stereocenters. The smallest absolute Gasteiger partial charge is 0.308 e. The van der Waals surface area contributed by atoms with Crippen molar-refractivity contribution in [2.24, 2.45) is 35.5 Å². The van der Waals surface area contributed by atoms with Crippen LogP contribution in [0.2, 0.25) is 0 Å². The quantitative estimate of drug-likeness (QED) is 0.143. The van der Waals surface area contributed by atoms with Crippen molar-refractivity contribution in [3.63, 3.8) is 0 Å². The Morgan fingerprint density at radius 3 is 0.625 bits per heavy atom. The molecule has 0 saturated heterocycles. The van der Waals surface area contributed by atoms with E-state index < -0.39 is 71.9 Å². The van der Waals surface area contributed by atoms with Gasteiger partial charge < -0.3 is 56.8 Å². The van der Waals surface area contributed by atoms with Gasteiger partial charge in [-0.15, -0.1) is 0 Å². The fourth-order valence-corrected chi connectivity index (χ4v) is 9.18. The van der Waals surface area contributed by atoms with Gasteiger partial charge in [-0.3, -0.25) is 52.7 Å². The molecule has 0 aromatic rings. The van der Waals surface area contributed by atoms with Gasteiger partial charge in [0.25, 0.3) is 0 Å². The number of allylic oxidation sites excluding steroid dienone is 1. The van der Waals surface area contributed by atoms with Gasteiger partial charge in [-0.1, -0.05) is 6.58 Å². The van der Waals surface area contributed by atoms with Crippen molar-refractivity contribution in [1.29, 1.82) is 0 Å². The van der Waals surface area contributed by atoms with Crippen LogP contribution in [0.3, 0.4) is 0 Å². The molecule has 23 nitrogen and oxygen atoms in total. The lowest BCUT2D eigenvalue weighted by atomic mass is 9.74. The molecule has 0 heterocycles. The topological polar surface area (TPSA) is 299 Å². The third-order valence-electron chi connectivity index (χ3n) is 12.0. The zero-order chi connectivity index (χ0) is 54.8. The Hall–Kier alpha value is -6.29. The van der Waals surface area contributed by atoms with E-state index >= 15 is 0 Å². The Balaban J connectivity index is 0.000000480. The first-order valence-corrected chi connectivity index (χ1v) is 23.4. The second-order valence-electron chi connectivity index (χ2n) is 17.7. The number of carbonyl (C=O) groups excluding carboxylic acids is 11. The number of methoxy groups -OCH3 is 6. The van der Waals surface area contributed by atoms with Crippen molar-refractivity contribution in [2.45, 2.75) is 155 Å². The molecule has 6 unspecified atom stereocenters. The number of esters is 11. The summed E-state index contributed by atoms with van der Waals surface area (Å²) in [5, 5.41) is 0. The van der Waals surface area contributed by atoms with Crippen LogP contribution in [-0.2, 0) is 110 Å². The van der Waals surface area contributed by atoms with Crippen LogP contribution in [0.5, 0.6) is 0 Å². The predicted octanol–water partition coefficient (Wildman–Crippen LogP) is 3.99. The number of hydrogen-bond acceptors (Lipinski definition) is 23. The zero-order valence-corrected chi connectivity index (χ0v) is 43.5. The maximum atomic E-state index is 11.6. The molecule has 4 saturated carbocycles. The molecule has 0 aliphatic heterocycles. The molecule has 0 spiro atoms. The number of ether oxygens (including phenoxy) is 12. The number of carbonyl (C=O) groups is 11. The summed E-state index contributed by atoms with van der Waals surface area (Å²) in [5.41, 5.74) is 0. The maximum absolute atomic E-state index is 11.6. The molecule has 408 valence electrons. The van der Waals surface area contributed by atoms with E-state index in [9.17, 15) is 52.7 Å². The molecule has 0 aromatic carbocycles. The fraction of sp³-hybridized carbons (Fsp3) is 0.735. The first kappa shape index (κ1) is 63.7. The zero-order valence-electron chi connectivity index (χ0n) is 43.5. The van der Waals surface area contributed by atoms with Gasteiger partial charge in [-0.05, 0) is 51.4 Å². The highest BCUT2D eigenvalue weighted by Gasteiger charge is 2.41. The number of hydrogen-bond donors (Lipinski definition) is 0. The summed E-state index contributed by atoms with van der Waals surface area (Å²) >= 11 is 0. The molecule has 4 aliphatic carbocycles. The summed E-state index contributed by atoms with van der Waals surface area (Å²) in [4.78, 5) is 124. The Labute approximate surface area is 420 Å². The van der Waals surface area contributed by atoms with Gasteiger partial charge in [0.2, 0.25) is 0 Å².